The van der Waals surface area contributed by atoms with Crippen LogP contribution >= 0.6 is 0 Å². The van der Waals surface area contributed by atoms with Crippen molar-refractivity contribution in [1.82, 2.24) is 4.90 Å². The maximum Gasteiger partial charge on any atom is 0.315 e. The SMILES string of the molecule is CC(C)C1=CC2CC3(C=O)[C@@H]4CC[C@@H](C)[C@H]4CC2(C2CCC(CN(C)CCc4ccccc4)O2)C13C(=O)O. The van der Waals surface area contributed by atoms with E-state index in [4.69, 9.17) is 4.74 Å². The van der Waals surface area contributed by atoms with E-state index in [1.54, 1.807) is 0 Å². The average molecular weight is 520 g/mol. The Morgan fingerprint density at radius 3 is 2.61 bits per heavy atom. The van der Waals surface area contributed by atoms with Crippen molar-refractivity contribution in [2.24, 2.45) is 45.8 Å². The predicted molar refractivity (Wildman–Crippen MR) is 148 cm³/mol. The second kappa shape index (κ2) is 9.30. The number of nitrogens with zero attached hydrogens (tertiary/aromatic N) is 1. The number of carbonyl (C=O) groups excluding carboxylic acids is 1. The number of fused-ring (bicyclic) bond motifs is 2. The number of rotatable bonds is 9. The molecule has 206 valence electrons. The van der Waals surface area contributed by atoms with Gasteiger partial charge in [0.15, 0.2) is 0 Å². The fraction of sp³-hybridized carbons (Fsp3) is 0.697. The van der Waals surface area contributed by atoms with E-state index in [0.717, 1.165) is 63.5 Å². The lowest BCUT2D eigenvalue weighted by molar-refractivity contribution is -0.197. The molecule has 0 spiro atoms. The Morgan fingerprint density at radius 2 is 1.92 bits per heavy atom. The highest BCUT2D eigenvalue weighted by atomic mass is 16.5. The van der Waals surface area contributed by atoms with Gasteiger partial charge in [-0.3, -0.25) is 4.79 Å². The van der Waals surface area contributed by atoms with Gasteiger partial charge in [-0.15, -0.1) is 0 Å². The molecular weight excluding hydrogens is 474 g/mol. The van der Waals surface area contributed by atoms with E-state index in [9.17, 15) is 14.7 Å². The molecule has 1 aliphatic heterocycles. The standard InChI is InChI=1S/C33H45NO4/c1-21(2)28-16-24-17-31(20-35)27-12-10-22(3)26(27)18-32(24,33(28,31)30(36)37)29-13-11-25(38-29)19-34(4)15-14-23-8-6-5-7-9-23/h5-9,16,20-22,24-27,29H,10-15,17-19H2,1-4H3,(H,36,37)/t22-,24?,25?,26-,27-,29?,31?,32?,33?/m1/s1. The second-order valence-electron chi connectivity index (χ2n) is 13.7. The molecule has 6 unspecified atom stereocenters. The zero-order valence-electron chi connectivity index (χ0n) is 23.6. The smallest absolute Gasteiger partial charge is 0.315 e. The van der Waals surface area contributed by atoms with Gasteiger partial charge in [-0.1, -0.05) is 69.2 Å². The third-order valence-electron chi connectivity index (χ3n) is 11.8. The molecule has 38 heavy (non-hydrogen) atoms. The van der Waals surface area contributed by atoms with Gasteiger partial charge < -0.3 is 19.5 Å². The third kappa shape index (κ3) is 3.30. The second-order valence-corrected chi connectivity index (χ2v) is 13.7. The van der Waals surface area contributed by atoms with Gasteiger partial charge in [0.1, 0.15) is 11.7 Å². The van der Waals surface area contributed by atoms with Gasteiger partial charge in [-0.2, -0.15) is 0 Å². The van der Waals surface area contributed by atoms with Gasteiger partial charge >= 0.3 is 5.97 Å². The zero-order chi connectivity index (χ0) is 26.9. The van der Waals surface area contributed by atoms with Crippen LogP contribution in [0.2, 0.25) is 0 Å². The summed E-state index contributed by atoms with van der Waals surface area (Å²) >= 11 is 0. The van der Waals surface area contributed by atoms with Crippen LogP contribution in [0.1, 0.15) is 64.9 Å². The fourth-order valence-corrected chi connectivity index (χ4v) is 10.5. The summed E-state index contributed by atoms with van der Waals surface area (Å²) < 4.78 is 6.95. The van der Waals surface area contributed by atoms with Gasteiger partial charge in [0.05, 0.1) is 17.6 Å². The molecule has 1 aromatic rings. The first kappa shape index (κ1) is 26.3. The van der Waals surface area contributed by atoms with Crippen LogP contribution in [0.5, 0.6) is 0 Å². The molecule has 0 radical (unpaired) electrons. The summed E-state index contributed by atoms with van der Waals surface area (Å²) in [6.45, 7) is 8.39. The lowest BCUT2D eigenvalue weighted by Gasteiger charge is -2.60. The van der Waals surface area contributed by atoms with Crippen molar-refractivity contribution in [2.45, 2.75) is 77.9 Å². The molecule has 1 N–H and O–H groups in total. The highest BCUT2D eigenvalue weighted by Gasteiger charge is 2.86. The van der Waals surface area contributed by atoms with Gasteiger partial charge in [-0.05, 0) is 80.7 Å². The van der Waals surface area contributed by atoms with Crippen LogP contribution in [0.25, 0.3) is 0 Å². The van der Waals surface area contributed by atoms with Crippen molar-refractivity contribution >= 4 is 12.3 Å². The van der Waals surface area contributed by atoms with Crippen molar-refractivity contribution < 1.29 is 19.4 Å². The van der Waals surface area contributed by atoms with Crippen molar-refractivity contribution in [3.8, 4) is 0 Å². The highest BCUT2D eigenvalue weighted by molar-refractivity contribution is 5.90. The lowest BCUT2D eigenvalue weighted by Crippen LogP contribution is -2.65. The number of carbonyl (C=O) groups is 2. The van der Waals surface area contributed by atoms with Gasteiger partial charge in [0.25, 0.3) is 0 Å². The summed E-state index contributed by atoms with van der Waals surface area (Å²) in [6, 6.07) is 10.6. The summed E-state index contributed by atoms with van der Waals surface area (Å²) in [5.74, 6) is 0.563. The van der Waals surface area contributed by atoms with E-state index in [1.807, 2.05) is 0 Å². The van der Waals surface area contributed by atoms with Crippen LogP contribution in [-0.2, 0) is 20.7 Å². The van der Waals surface area contributed by atoms with E-state index in [1.165, 1.54) is 5.56 Å². The van der Waals surface area contributed by atoms with Gasteiger partial charge in [0.2, 0.25) is 0 Å². The van der Waals surface area contributed by atoms with Crippen molar-refractivity contribution in [3.63, 3.8) is 0 Å². The van der Waals surface area contributed by atoms with E-state index in [0.29, 0.717) is 18.3 Å². The Balaban J connectivity index is 1.30. The Labute approximate surface area is 228 Å². The Bertz CT molecular complexity index is 1120. The van der Waals surface area contributed by atoms with E-state index in [2.05, 4.69) is 69.1 Å². The quantitative estimate of drug-likeness (QED) is 0.338. The number of likely N-dealkylation sites (N-methyl/N-ethyl adjacent to an activating group) is 1. The number of carboxylic acids is 1. The van der Waals surface area contributed by atoms with Crippen LogP contribution in [0.3, 0.4) is 0 Å². The van der Waals surface area contributed by atoms with Crippen molar-refractivity contribution in [3.05, 3.63) is 47.5 Å². The number of hydrogen-bond acceptors (Lipinski definition) is 4. The monoisotopic (exact) mass is 519 g/mol. The molecule has 4 aliphatic carbocycles. The van der Waals surface area contributed by atoms with E-state index in [-0.39, 0.29) is 30.0 Å². The van der Waals surface area contributed by atoms with Crippen LogP contribution in [0.4, 0.5) is 0 Å². The van der Waals surface area contributed by atoms with Crippen LogP contribution in [0, 0.1) is 45.8 Å². The fourth-order valence-electron chi connectivity index (χ4n) is 10.5. The largest absolute Gasteiger partial charge is 0.481 e. The maximum atomic E-state index is 13.7. The molecule has 0 aromatic heterocycles. The first-order chi connectivity index (χ1) is 18.2. The maximum absolute atomic E-state index is 13.7. The molecule has 1 saturated heterocycles. The molecule has 5 nitrogen and oxygen atoms in total. The molecule has 1 heterocycles. The van der Waals surface area contributed by atoms with Crippen molar-refractivity contribution in [1.29, 1.82) is 0 Å². The first-order valence-corrected chi connectivity index (χ1v) is 15.0. The Morgan fingerprint density at radius 1 is 1.16 bits per heavy atom. The summed E-state index contributed by atoms with van der Waals surface area (Å²) in [5, 5.41) is 11.2. The van der Waals surface area contributed by atoms with Crippen LogP contribution < -0.4 is 0 Å². The number of aldehydes is 1. The average Bonchev–Trinajstić information content (AvgIpc) is 3.63. The summed E-state index contributed by atoms with van der Waals surface area (Å²) in [4.78, 5) is 29.4. The molecule has 1 aromatic carbocycles. The number of benzene rings is 1. The normalized spacial score (nSPS) is 43.1. The van der Waals surface area contributed by atoms with E-state index >= 15 is 0 Å². The molecule has 5 heteroatoms. The number of ether oxygens (including phenoxy) is 1. The topological polar surface area (TPSA) is 66.8 Å². The molecule has 3 saturated carbocycles. The minimum Gasteiger partial charge on any atom is -0.481 e. The van der Waals surface area contributed by atoms with E-state index < -0.39 is 22.2 Å². The molecule has 4 fully saturated rings. The van der Waals surface area contributed by atoms with Crippen LogP contribution in [-0.4, -0.2) is 54.6 Å². The molecule has 0 amide bonds. The number of aliphatic carboxylic acids is 1. The minimum atomic E-state index is -1.13. The third-order valence-corrected chi connectivity index (χ3v) is 11.8. The Kier molecular flexibility index (Phi) is 6.42. The molecular formula is C33H45NO4. The lowest BCUT2D eigenvalue weighted by atomic mass is 9.41. The number of allylic oxidation sites excluding steroid dienone is 1. The number of hydrogen-bond donors (Lipinski definition) is 1. The first-order valence-electron chi connectivity index (χ1n) is 15.0. The summed E-state index contributed by atoms with van der Waals surface area (Å²) in [5.41, 5.74) is -0.103. The van der Waals surface area contributed by atoms with Gasteiger partial charge in [0, 0.05) is 18.5 Å². The summed E-state index contributed by atoms with van der Waals surface area (Å²) in [6.07, 6.45) is 9.93. The van der Waals surface area contributed by atoms with Crippen molar-refractivity contribution in [2.75, 3.05) is 20.1 Å². The highest BCUT2D eigenvalue weighted by Crippen LogP contribution is 2.84. The molecule has 4 bridgehead atoms. The predicted octanol–water partition coefficient (Wildman–Crippen LogP) is 5.63. The zero-order valence-corrected chi connectivity index (χ0v) is 23.6. The summed E-state index contributed by atoms with van der Waals surface area (Å²) in [7, 11) is 2.16. The number of carboxylic acid groups (broad SMARTS) is 1. The Hall–Kier alpha value is -1.98. The van der Waals surface area contributed by atoms with Crippen LogP contribution in [0.15, 0.2) is 42.0 Å². The molecule has 5 aliphatic rings. The minimum absolute atomic E-state index is 0.104. The molecule has 6 rings (SSSR count). The molecule has 9 atom stereocenters. The van der Waals surface area contributed by atoms with Gasteiger partial charge in [-0.25, -0.2) is 0 Å².